The number of nitrogens with zero attached hydrogens (tertiary/aromatic N) is 3. The zero-order valence-electron chi connectivity index (χ0n) is 16.2. The van der Waals surface area contributed by atoms with Crippen molar-refractivity contribution in [2.24, 2.45) is 0 Å². The number of nitrogens with one attached hydrogen (secondary N) is 1. The topological polar surface area (TPSA) is 113 Å². The van der Waals surface area contributed by atoms with Gasteiger partial charge in [-0.3, -0.25) is 19.8 Å². The van der Waals surface area contributed by atoms with E-state index in [4.69, 9.17) is 11.6 Å². The lowest BCUT2D eigenvalue weighted by Crippen LogP contribution is -2.50. The van der Waals surface area contributed by atoms with Crippen LogP contribution in [-0.2, 0) is 14.8 Å². The van der Waals surface area contributed by atoms with E-state index in [-0.39, 0.29) is 36.1 Å². The Bertz CT molecular complexity index is 1050. The van der Waals surface area contributed by atoms with Gasteiger partial charge >= 0.3 is 0 Å². The van der Waals surface area contributed by atoms with E-state index in [2.05, 4.69) is 5.32 Å². The van der Waals surface area contributed by atoms with Crippen molar-refractivity contribution < 1.29 is 18.1 Å². The molecule has 1 heterocycles. The number of nitro groups is 1. The van der Waals surface area contributed by atoms with Crippen LogP contribution in [0.3, 0.4) is 0 Å². The van der Waals surface area contributed by atoms with Crippen molar-refractivity contribution in [1.29, 1.82) is 0 Å². The normalized spacial score (nSPS) is 15.7. The number of carbonyl (C=O) groups is 1. The summed E-state index contributed by atoms with van der Waals surface area (Å²) < 4.78 is 26.8. The SMILES string of the molecule is Cc1ccc([N+](=O)[O-])cc1NC(=O)CN1CCN(S(=O)(=O)c2ccc(Cl)cc2)CC1. The predicted molar refractivity (Wildman–Crippen MR) is 113 cm³/mol. The summed E-state index contributed by atoms with van der Waals surface area (Å²) in [6.07, 6.45) is 0. The first kappa shape index (κ1) is 22.2. The molecule has 0 radical (unpaired) electrons. The largest absolute Gasteiger partial charge is 0.324 e. The Morgan fingerprint density at radius 2 is 1.77 bits per heavy atom. The highest BCUT2D eigenvalue weighted by Crippen LogP contribution is 2.22. The van der Waals surface area contributed by atoms with Crippen LogP contribution >= 0.6 is 11.6 Å². The Kier molecular flexibility index (Phi) is 6.71. The van der Waals surface area contributed by atoms with Crippen molar-refractivity contribution in [2.45, 2.75) is 11.8 Å². The number of piperazine rings is 1. The average Bonchev–Trinajstić information content (AvgIpc) is 2.70. The van der Waals surface area contributed by atoms with Crippen LogP contribution in [0.15, 0.2) is 47.4 Å². The van der Waals surface area contributed by atoms with E-state index in [9.17, 15) is 23.3 Å². The second-order valence-electron chi connectivity index (χ2n) is 6.94. The molecule has 0 bridgehead atoms. The second kappa shape index (κ2) is 9.09. The van der Waals surface area contributed by atoms with E-state index in [1.165, 1.54) is 40.7 Å². The summed E-state index contributed by atoms with van der Waals surface area (Å²) in [6, 6.07) is 10.3. The molecule has 0 unspecified atom stereocenters. The van der Waals surface area contributed by atoms with Crippen LogP contribution in [-0.4, -0.2) is 61.2 Å². The van der Waals surface area contributed by atoms with Crippen LogP contribution in [0.4, 0.5) is 11.4 Å². The molecule has 11 heteroatoms. The van der Waals surface area contributed by atoms with Gasteiger partial charge in [-0.15, -0.1) is 0 Å². The molecule has 1 saturated heterocycles. The molecule has 1 N–H and O–H groups in total. The second-order valence-corrected chi connectivity index (χ2v) is 9.31. The predicted octanol–water partition coefficient (Wildman–Crippen LogP) is 2.50. The number of halogens is 1. The fourth-order valence-corrected chi connectivity index (χ4v) is 4.68. The van der Waals surface area contributed by atoms with Crippen molar-refractivity contribution in [1.82, 2.24) is 9.21 Å². The molecule has 1 fully saturated rings. The summed E-state index contributed by atoms with van der Waals surface area (Å²) in [5.41, 5.74) is 1.00. The molecule has 0 aromatic heterocycles. The number of sulfonamides is 1. The van der Waals surface area contributed by atoms with Gasteiger partial charge in [0.15, 0.2) is 0 Å². The van der Waals surface area contributed by atoms with E-state index in [0.717, 1.165) is 0 Å². The molecule has 9 nitrogen and oxygen atoms in total. The number of non-ortho nitro benzene ring substituents is 1. The van der Waals surface area contributed by atoms with Gasteiger partial charge in [-0.1, -0.05) is 17.7 Å². The van der Waals surface area contributed by atoms with Gasteiger partial charge in [-0.2, -0.15) is 4.31 Å². The quantitative estimate of drug-likeness (QED) is 0.532. The van der Waals surface area contributed by atoms with E-state index in [1.807, 2.05) is 4.90 Å². The minimum absolute atomic E-state index is 0.0664. The summed E-state index contributed by atoms with van der Waals surface area (Å²) in [6.45, 7) is 3.13. The third kappa shape index (κ3) is 5.14. The maximum absolute atomic E-state index is 12.7. The number of amides is 1. The maximum atomic E-state index is 12.7. The Morgan fingerprint density at radius 1 is 1.13 bits per heavy atom. The fraction of sp³-hybridized carbons (Fsp3) is 0.316. The monoisotopic (exact) mass is 452 g/mol. The van der Waals surface area contributed by atoms with Gasteiger partial charge in [0.1, 0.15) is 0 Å². The van der Waals surface area contributed by atoms with Crippen molar-refractivity contribution >= 4 is 38.9 Å². The number of benzene rings is 2. The maximum Gasteiger partial charge on any atom is 0.271 e. The van der Waals surface area contributed by atoms with Crippen molar-refractivity contribution in [2.75, 3.05) is 38.0 Å². The lowest BCUT2D eigenvalue weighted by atomic mass is 10.2. The minimum atomic E-state index is -3.61. The summed E-state index contributed by atoms with van der Waals surface area (Å²) in [5.74, 6) is -0.312. The van der Waals surface area contributed by atoms with Crippen LogP contribution in [0.1, 0.15) is 5.56 Å². The summed E-state index contributed by atoms with van der Waals surface area (Å²) >= 11 is 5.82. The molecule has 0 saturated carbocycles. The molecule has 1 aliphatic rings. The molecule has 2 aromatic carbocycles. The molecule has 2 aromatic rings. The van der Waals surface area contributed by atoms with Crippen LogP contribution in [0, 0.1) is 17.0 Å². The number of anilines is 1. The minimum Gasteiger partial charge on any atom is -0.324 e. The average molecular weight is 453 g/mol. The third-order valence-electron chi connectivity index (χ3n) is 4.86. The standard InChI is InChI=1S/C19H21ClN4O5S/c1-14-2-5-16(24(26)27)12-18(14)21-19(25)13-22-8-10-23(11-9-22)30(28,29)17-6-3-15(20)4-7-17/h2-7,12H,8-11,13H2,1H3,(H,21,25). The van der Waals surface area contributed by atoms with Gasteiger partial charge in [0.2, 0.25) is 15.9 Å². The first-order valence-electron chi connectivity index (χ1n) is 9.20. The highest BCUT2D eigenvalue weighted by atomic mass is 35.5. The summed E-state index contributed by atoms with van der Waals surface area (Å²) in [7, 11) is -3.61. The Labute approximate surface area is 179 Å². The van der Waals surface area contributed by atoms with Gasteiger partial charge < -0.3 is 5.32 Å². The number of hydrogen-bond donors (Lipinski definition) is 1. The van der Waals surface area contributed by atoms with Gasteiger partial charge in [0.05, 0.1) is 22.1 Å². The number of rotatable bonds is 6. The van der Waals surface area contributed by atoms with Gasteiger partial charge in [-0.05, 0) is 36.8 Å². The first-order valence-corrected chi connectivity index (χ1v) is 11.0. The molecular formula is C19H21ClN4O5S. The van der Waals surface area contributed by atoms with Gasteiger partial charge in [0, 0.05) is 43.3 Å². The smallest absolute Gasteiger partial charge is 0.271 e. The molecule has 0 spiro atoms. The number of aryl methyl sites for hydroxylation is 1. The van der Waals surface area contributed by atoms with Crippen molar-refractivity contribution in [3.05, 3.63) is 63.2 Å². The van der Waals surface area contributed by atoms with Crippen LogP contribution < -0.4 is 5.32 Å². The highest BCUT2D eigenvalue weighted by Gasteiger charge is 2.29. The third-order valence-corrected chi connectivity index (χ3v) is 7.02. The van der Waals surface area contributed by atoms with Gasteiger partial charge in [-0.25, -0.2) is 8.42 Å². The fourth-order valence-electron chi connectivity index (χ4n) is 3.13. The molecule has 3 rings (SSSR count). The van der Waals surface area contributed by atoms with Crippen LogP contribution in [0.2, 0.25) is 5.02 Å². The summed E-state index contributed by atoms with van der Waals surface area (Å²) in [5, 5.41) is 14.1. The van der Waals surface area contributed by atoms with Crippen molar-refractivity contribution in [3.63, 3.8) is 0 Å². The van der Waals surface area contributed by atoms with E-state index < -0.39 is 14.9 Å². The number of nitro benzene ring substituents is 1. The highest BCUT2D eigenvalue weighted by molar-refractivity contribution is 7.89. The molecule has 0 atom stereocenters. The summed E-state index contributed by atoms with van der Waals surface area (Å²) in [4.78, 5) is 24.8. The van der Waals surface area contributed by atoms with E-state index in [0.29, 0.717) is 29.4 Å². The number of hydrogen-bond acceptors (Lipinski definition) is 6. The molecule has 1 aliphatic heterocycles. The van der Waals surface area contributed by atoms with E-state index >= 15 is 0 Å². The first-order chi connectivity index (χ1) is 14.2. The molecule has 30 heavy (non-hydrogen) atoms. The van der Waals surface area contributed by atoms with Crippen LogP contribution in [0.5, 0.6) is 0 Å². The molecule has 0 aliphatic carbocycles. The zero-order chi connectivity index (χ0) is 21.9. The zero-order valence-corrected chi connectivity index (χ0v) is 17.8. The molecule has 160 valence electrons. The molecule has 1 amide bonds. The Balaban J connectivity index is 1.57. The van der Waals surface area contributed by atoms with Crippen molar-refractivity contribution in [3.8, 4) is 0 Å². The van der Waals surface area contributed by atoms with E-state index in [1.54, 1.807) is 13.0 Å². The molecular weight excluding hydrogens is 432 g/mol. The Morgan fingerprint density at radius 3 is 2.37 bits per heavy atom. The number of carbonyl (C=O) groups excluding carboxylic acids is 1. The van der Waals surface area contributed by atoms with Gasteiger partial charge in [0.25, 0.3) is 5.69 Å². The lowest BCUT2D eigenvalue weighted by Gasteiger charge is -2.33. The van der Waals surface area contributed by atoms with Crippen LogP contribution in [0.25, 0.3) is 0 Å². The Hall–Kier alpha value is -2.53. The lowest BCUT2D eigenvalue weighted by molar-refractivity contribution is -0.384.